The average Bonchev–Trinajstić information content (AvgIpc) is 2.91. The topological polar surface area (TPSA) is 18.5 Å². The van der Waals surface area contributed by atoms with Crippen molar-refractivity contribution in [1.29, 1.82) is 0 Å². The lowest BCUT2D eigenvalue weighted by Gasteiger charge is -2.38. The van der Waals surface area contributed by atoms with Crippen molar-refractivity contribution in [2.45, 2.75) is 103 Å². The van der Waals surface area contributed by atoms with E-state index in [1.54, 1.807) is 12.1 Å². The van der Waals surface area contributed by atoms with Gasteiger partial charge in [-0.1, -0.05) is 57.6 Å². The second kappa shape index (κ2) is 13.3. The van der Waals surface area contributed by atoms with E-state index in [-0.39, 0.29) is 0 Å². The van der Waals surface area contributed by atoms with Crippen LogP contribution < -0.4 is 9.47 Å². The standard InChI is InChI=1S/C31H38F6O2/c1-2-3-4-5-20-6-8-21(9-7-20)22-10-12-23(13-11-22)24-14-16-25(17-15-24)31(36,37)39-26-18-27(32)29(28(33)19-26)38-30(34)35/h14-23,30H,2-13H2,1H3/t20-,21-,22-,23-. The molecule has 8 heteroatoms. The van der Waals surface area contributed by atoms with Crippen LogP contribution in [0.5, 0.6) is 11.5 Å². The summed E-state index contributed by atoms with van der Waals surface area (Å²) in [5.74, 6) is -2.52. The van der Waals surface area contributed by atoms with Crippen LogP contribution in [0.15, 0.2) is 36.4 Å². The number of ether oxygens (including phenoxy) is 2. The van der Waals surface area contributed by atoms with Crippen molar-refractivity contribution in [3.8, 4) is 11.5 Å². The van der Waals surface area contributed by atoms with Crippen LogP contribution >= 0.6 is 0 Å². The van der Waals surface area contributed by atoms with Gasteiger partial charge in [-0.3, -0.25) is 0 Å². The fraction of sp³-hybridized carbons (Fsp3) is 0.613. The molecule has 2 fully saturated rings. The third-order valence-electron chi connectivity index (χ3n) is 8.69. The molecule has 0 amide bonds. The molecular weight excluding hydrogens is 518 g/mol. The lowest BCUT2D eigenvalue weighted by Crippen LogP contribution is -2.25. The minimum Gasteiger partial charge on any atom is -0.429 e. The lowest BCUT2D eigenvalue weighted by atomic mass is 9.68. The van der Waals surface area contributed by atoms with Gasteiger partial charge in [-0.2, -0.15) is 17.6 Å². The number of hydrogen-bond donors (Lipinski definition) is 0. The van der Waals surface area contributed by atoms with Crippen molar-refractivity contribution in [2.24, 2.45) is 17.8 Å². The van der Waals surface area contributed by atoms with E-state index in [1.165, 1.54) is 76.3 Å². The van der Waals surface area contributed by atoms with Gasteiger partial charge in [-0.05, 0) is 79.9 Å². The molecule has 2 aromatic carbocycles. The van der Waals surface area contributed by atoms with Crippen molar-refractivity contribution in [2.75, 3.05) is 0 Å². The van der Waals surface area contributed by atoms with Crippen molar-refractivity contribution in [3.05, 3.63) is 59.2 Å². The quantitative estimate of drug-likeness (QED) is 0.202. The van der Waals surface area contributed by atoms with Gasteiger partial charge in [0.25, 0.3) is 0 Å². The maximum atomic E-state index is 14.7. The molecule has 0 aromatic heterocycles. The van der Waals surface area contributed by atoms with Gasteiger partial charge in [-0.25, -0.2) is 8.78 Å². The Morgan fingerprint density at radius 2 is 1.38 bits per heavy atom. The zero-order chi connectivity index (χ0) is 28.0. The van der Waals surface area contributed by atoms with Crippen LogP contribution in [0, 0.1) is 29.4 Å². The Hall–Kier alpha value is -2.38. The minimum absolute atomic E-state index is 0.320. The minimum atomic E-state index is -3.88. The normalized spacial score (nSPS) is 24.1. The first-order valence-corrected chi connectivity index (χ1v) is 14.3. The van der Waals surface area contributed by atoms with Gasteiger partial charge in [0.1, 0.15) is 5.75 Å². The van der Waals surface area contributed by atoms with Gasteiger partial charge in [0.05, 0.1) is 5.56 Å². The fourth-order valence-electron chi connectivity index (χ4n) is 6.51. The molecule has 2 aliphatic carbocycles. The van der Waals surface area contributed by atoms with E-state index >= 15 is 0 Å². The monoisotopic (exact) mass is 556 g/mol. The zero-order valence-electron chi connectivity index (χ0n) is 22.4. The van der Waals surface area contributed by atoms with E-state index in [0.717, 1.165) is 36.2 Å². The predicted octanol–water partition coefficient (Wildman–Crippen LogP) is 10.4. The van der Waals surface area contributed by atoms with E-state index in [1.807, 2.05) is 0 Å². The molecular formula is C31H38F6O2. The summed E-state index contributed by atoms with van der Waals surface area (Å²) in [5.41, 5.74) is 0.530. The maximum Gasteiger partial charge on any atom is 0.426 e. The van der Waals surface area contributed by atoms with Crippen LogP contribution in [-0.2, 0) is 6.11 Å². The van der Waals surface area contributed by atoms with Crippen LogP contribution in [0.25, 0.3) is 0 Å². The highest BCUT2D eigenvalue weighted by molar-refractivity contribution is 5.36. The summed E-state index contributed by atoms with van der Waals surface area (Å²) in [6.45, 7) is -1.21. The molecule has 2 nitrogen and oxygen atoms in total. The average molecular weight is 557 g/mol. The number of rotatable bonds is 11. The molecule has 4 rings (SSSR count). The second-order valence-corrected chi connectivity index (χ2v) is 11.2. The first kappa shape index (κ1) is 29.6. The SMILES string of the molecule is CCCCC[C@H]1CC[C@H]([C@H]2CC[C@H](c3ccc(C(F)(F)Oc4cc(F)c(OC(F)F)c(F)c4)cc3)CC2)CC1. The van der Waals surface area contributed by atoms with Crippen LogP contribution in [0.3, 0.4) is 0 Å². The predicted molar refractivity (Wildman–Crippen MR) is 138 cm³/mol. The smallest absolute Gasteiger partial charge is 0.426 e. The molecule has 0 spiro atoms. The van der Waals surface area contributed by atoms with Crippen molar-refractivity contribution >= 4 is 0 Å². The summed E-state index contributed by atoms with van der Waals surface area (Å²) in [7, 11) is 0. The molecule has 0 unspecified atom stereocenters. The first-order valence-electron chi connectivity index (χ1n) is 14.3. The molecule has 0 aliphatic heterocycles. The van der Waals surface area contributed by atoms with Crippen molar-refractivity contribution in [3.63, 3.8) is 0 Å². The number of hydrogen-bond acceptors (Lipinski definition) is 2. The molecule has 2 aromatic rings. The molecule has 39 heavy (non-hydrogen) atoms. The highest BCUT2D eigenvalue weighted by Crippen LogP contribution is 2.45. The summed E-state index contributed by atoms with van der Waals surface area (Å²) in [6, 6.07) is 6.64. The van der Waals surface area contributed by atoms with Gasteiger partial charge in [0.2, 0.25) is 0 Å². The van der Waals surface area contributed by atoms with Crippen LogP contribution in [0.2, 0.25) is 0 Å². The largest absolute Gasteiger partial charge is 0.429 e. The number of benzene rings is 2. The Labute approximate surface area is 227 Å². The summed E-state index contributed by atoms with van der Waals surface area (Å²) < 4.78 is 90.2. The van der Waals surface area contributed by atoms with Crippen molar-refractivity contribution < 1.29 is 35.8 Å². The second-order valence-electron chi connectivity index (χ2n) is 11.2. The summed E-state index contributed by atoms with van der Waals surface area (Å²) in [6.07, 6.45) is 11.3. The third kappa shape index (κ3) is 7.85. The van der Waals surface area contributed by atoms with E-state index < -0.39 is 41.4 Å². The molecule has 2 saturated carbocycles. The Morgan fingerprint density at radius 3 is 1.92 bits per heavy atom. The Balaban J connectivity index is 1.29. The molecule has 216 valence electrons. The lowest BCUT2D eigenvalue weighted by molar-refractivity contribution is -0.185. The number of halogens is 6. The van der Waals surface area contributed by atoms with Gasteiger partial charge < -0.3 is 9.47 Å². The Kier molecular flexibility index (Phi) is 10.1. The third-order valence-corrected chi connectivity index (χ3v) is 8.69. The van der Waals surface area contributed by atoms with Crippen LogP contribution in [0.1, 0.15) is 101 Å². The Morgan fingerprint density at radius 1 is 0.821 bits per heavy atom. The number of unbranched alkanes of at least 4 members (excludes halogenated alkanes) is 2. The maximum absolute atomic E-state index is 14.7. The van der Waals surface area contributed by atoms with Gasteiger partial charge in [0.15, 0.2) is 17.4 Å². The zero-order valence-corrected chi connectivity index (χ0v) is 22.4. The summed E-state index contributed by atoms with van der Waals surface area (Å²) >= 11 is 0. The first-order chi connectivity index (χ1) is 18.7. The molecule has 0 saturated heterocycles. The van der Waals surface area contributed by atoms with E-state index in [2.05, 4.69) is 16.4 Å². The molecule has 0 N–H and O–H groups in total. The Bertz CT molecular complexity index is 1020. The van der Waals surface area contributed by atoms with E-state index in [0.29, 0.717) is 18.1 Å². The fourth-order valence-corrected chi connectivity index (χ4v) is 6.51. The van der Waals surface area contributed by atoms with Crippen molar-refractivity contribution in [1.82, 2.24) is 0 Å². The highest BCUT2D eigenvalue weighted by atomic mass is 19.3. The van der Waals surface area contributed by atoms with E-state index in [9.17, 15) is 26.3 Å². The van der Waals surface area contributed by atoms with Crippen LogP contribution in [0.4, 0.5) is 26.3 Å². The summed E-state index contributed by atoms with van der Waals surface area (Å²) in [5, 5.41) is 0. The van der Waals surface area contributed by atoms with Gasteiger partial charge in [0, 0.05) is 12.1 Å². The van der Waals surface area contributed by atoms with Gasteiger partial charge >= 0.3 is 12.7 Å². The molecule has 2 aliphatic rings. The van der Waals surface area contributed by atoms with Gasteiger partial charge in [-0.15, -0.1) is 0 Å². The molecule has 0 heterocycles. The molecule has 0 atom stereocenters. The van der Waals surface area contributed by atoms with Crippen LogP contribution in [-0.4, -0.2) is 6.61 Å². The highest BCUT2D eigenvalue weighted by Gasteiger charge is 2.36. The van der Waals surface area contributed by atoms with E-state index in [4.69, 9.17) is 0 Å². The molecule has 0 radical (unpaired) electrons. The molecule has 0 bridgehead atoms. The summed E-state index contributed by atoms with van der Waals surface area (Å²) in [4.78, 5) is 0. The number of alkyl halides is 4.